The number of hydrogen-bond donors (Lipinski definition) is 1. The Labute approximate surface area is 171 Å². The molecule has 1 fully saturated rings. The van der Waals surface area contributed by atoms with Crippen molar-refractivity contribution in [3.63, 3.8) is 0 Å². The molecule has 2 nitrogen and oxygen atoms in total. The fourth-order valence-corrected chi connectivity index (χ4v) is 5.12. The number of hydrogen-bond acceptors (Lipinski definition) is 2. The first kappa shape index (κ1) is 25.0. The van der Waals surface area contributed by atoms with Crippen LogP contribution in [0.3, 0.4) is 0 Å². The molecule has 3 unspecified atom stereocenters. The highest BCUT2D eigenvalue weighted by atomic mass is 16.3. The third-order valence-corrected chi connectivity index (χ3v) is 7.29. The topological polar surface area (TPSA) is 23.5 Å². The number of likely N-dealkylation sites (tertiary alicyclic amines) is 1. The lowest BCUT2D eigenvalue weighted by atomic mass is 9.73. The quantitative estimate of drug-likeness (QED) is 0.294. The van der Waals surface area contributed by atoms with Gasteiger partial charge in [-0.25, -0.2) is 0 Å². The average molecular weight is 382 g/mol. The van der Waals surface area contributed by atoms with Gasteiger partial charge in [0, 0.05) is 6.54 Å². The van der Waals surface area contributed by atoms with Crippen LogP contribution in [-0.4, -0.2) is 36.2 Å². The molecule has 162 valence electrons. The average Bonchev–Trinajstić information content (AvgIpc) is 2.68. The summed E-state index contributed by atoms with van der Waals surface area (Å²) in [5.74, 6) is 3.63. The molecular weight excluding hydrogens is 330 g/mol. The second-order valence-corrected chi connectivity index (χ2v) is 9.55. The first-order valence-electron chi connectivity index (χ1n) is 12.4. The minimum absolute atomic E-state index is 0.315. The minimum Gasteiger partial charge on any atom is -0.395 e. The fourth-order valence-electron chi connectivity index (χ4n) is 5.12. The first-order chi connectivity index (χ1) is 13.1. The Morgan fingerprint density at radius 3 is 2.07 bits per heavy atom. The van der Waals surface area contributed by atoms with Crippen LogP contribution in [0.2, 0.25) is 0 Å². The van der Waals surface area contributed by atoms with Gasteiger partial charge in [-0.15, -0.1) is 0 Å². The lowest BCUT2D eigenvalue weighted by molar-refractivity contribution is 0.101. The Bertz CT molecular complexity index is 324. The van der Waals surface area contributed by atoms with Gasteiger partial charge in [-0.05, 0) is 56.0 Å². The van der Waals surface area contributed by atoms with Gasteiger partial charge in [0.25, 0.3) is 0 Å². The van der Waals surface area contributed by atoms with Gasteiger partial charge in [-0.3, -0.25) is 0 Å². The van der Waals surface area contributed by atoms with E-state index < -0.39 is 0 Å². The standard InChI is InChI=1S/C25H51NO/c1-5-7-9-11-12-22(3)14-15-24(13-10-8-6-2)23(4)25-16-18-26(19-17-25)20-21-27/h22-25,27H,5-21H2,1-4H3. The van der Waals surface area contributed by atoms with E-state index in [1.165, 1.54) is 96.6 Å². The second-order valence-electron chi connectivity index (χ2n) is 9.55. The van der Waals surface area contributed by atoms with Crippen molar-refractivity contribution in [2.45, 2.75) is 111 Å². The minimum atomic E-state index is 0.315. The molecule has 0 saturated carbocycles. The molecule has 0 radical (unpaired) electrons. The van der Waals surface area contributed by atoms with Crippen LogP contribution in [0.5, 0.6) is 0 Å². The zero-order valence-corrected chi connectivity index (χ0v) is 19.2. The predicted octanol–water partition coefficient (Wildman–Crippen LogP) is 6.91. The molecule has 0 bridgehead atoms. The molecule has 1 N–H and O–H groups in total. The third-order valence-electron chi connectivity index (χ3n) is 7.29. The summed E-state index contributed by atoms with van der Waals surface area (Å²) < 4.78 is 0. The monoisotopic (exact) mass is 381 g/mol. The Balaban J connectivity index is 2.42. The smallest absolute Gasteiger partial charge is 0.0558 e. The lowest BCUT2D eigenvalue weighted by Crippen LogP contribution is -2.38. The van der Waals surface area contributed by atoms with Gasteiger partial charge in [0.1, 0.15) is 0 Å². The number of unbranched alkanes of at least 4 members (excludes halogenated alkanes) is 5. The highest BCUT2D eigenvalue weighted by molar-refractivity contribution is 4.80. The van der Waals surface area contributed by atoms with Crippen molar-refractivity contribution >= 4 is 0 Å². The molecule has 1 rings (SSSR count). The molecule has 1 heterocycles. The number of nitrogens with zero attached hydrogens (tertiary/aromatic N) is 1. The van der Waals surface area contributed by atoms with E-state index in [2.05, 4.69) is 32.6 Å². The molecule has 0 aromatic rings. The van der Waals surface area contributed by atoms with Crippen molar-refractivity contribution in [1.82, 2.24) is 4.90 Å². The van der Waals surface area contributed by atoms with Gasteiger partial charge in [0.05, 0.1) is 6.61 Å². The van der Waals surface area contributed by atoms with Crippen LogP contribution < -0.4 is 0 Å². The molecule has 27 heavy (non-hydrogen) atoms. The van der Waals surface area contributed by atoms with E-state index in [1.807, 2.05) is 0 Å². The molecule has 1 aliphatic rings. The van der Waals surface area contributed by atoms with Crippen LogP contribution in [0.15, 0.2) is 0 Å². The first-order valence-corrected chi connectivity index (χ1v) is 12.4. The molecule has 3 atom stereocenters. The fraction of sp³-hybridized carbons (Fsp3) is 1.00. The summed E-state index contributed by atoms with van der Waals surface area (Å²) in [6.45, 7) is 13.3. The van der Waals surface area contributed by atoms with Crippen LogP contribution in [-0.2, 0) is 0 Å². The SMILES string of the molecule is CCCCCCC(C)CCC(CCCCC)C(C)C1CCN(CCO)CC1. The number of aliphatic hydroxyl groups excluding tert-OH is 1. The van der Waals surface area contributed by atoms with E-state index in [0.29, 0.717) is 6.61 Å². The number of β-amino-alcohol motifs (C(OH)–C–C–N with tert-alkyl or cyclic N) is 1. The van der Waals surface area contributed by atoms with E-state index in [0.717, 1.165) is 30.2 Å². The lowest BCUT2D eigenvalue weighted by Gasteiger charge is -2.38. The molecule has 0 aromatic heterocycles. The molecular formula is C25H51NO. The van der Waals surface area contributed by atoms with E-state index in [9.17, 15) is 5.11 Å². The third kappa shape index (κ3) is 10.9. The summed E-state index contributed by atoms with van der Waals surface area (Å²) in [4.78, 5) is 2.45. The maximum atomic E-state index is 9.17. The number of piperidine rings is 1. The molecule has 0 aromatic carbocycles. The zero-order valence-electron chi connectivity index (χ0n) is 19.2. The second kappa shape index (κ2) is 15.8. The van der Waals surface area contributed by atoms with Crippen LogP contribution >= 0.6 is 0 Å². The van der Waals surface area contributed by atoms with Crippen LogP contribution in [0.1, 0.15) is 111 Å². The van der Waals surface area contributed by atoms with E-state index in [1.54, 1.807) is 0 Å². The Morgan fingerprint density at radius 1 is 0.815 bits per heavy atom. The normalized spacial score (nSPS) is 19.9. The summed E-state index contributed by atoms with van der Waals surface area (Å²) >= 11 is 0. The highest BCUT2D eigenvalue weighted by Gasteiger charge is 2.28. The van der Waals surface area contributed by atoms with Gasteiger partial charge in [-0.2, -0.15) is 0 Å². The van der Waals surface area contributed by atoms with Crippen LogP contribution in [0.4, 0.5) is 0 Å². The van der Waals surface area contributed by atoms with Crippen LogP contribution in [0.25, 0.3) is 0 Å². The van der Waals surface area contributed by atoms with Crippen molar-refractivity contribution in [2.75, 3.05) is 26.2 Å². The van der Waals surface area contributed by atoms with Crippen LogP contribution in [0, 0.1) is 23.7 Å². The summed E-state index contributed by atoms with van der Waals surface area (Å²) in [7, 11) is 0. The molecule has 1 saturated heterocycles. The largest absolute Gasteiger partial charge is 0.395 e. The summed E-state index contributed by atoms with van der Waals surface area (Å²) in [6.07, 6.45) is 18.3. The molecule has 0 amide bonds. The van der Waals surface area contributed by atoms with Crippen molar-refractivity contribution in [3.05, 3.63) is 0 Å². The maximum Gasteiger partial charge on any atom is 0.0558 e. The highest BCUT2D eigenvalue weighted by Crippen LogP contribution is 2.36. The van der Waals surface area contributed by atoms with E-state index in [-0.39, 0.29) is 0 Å². The zero-order chi connectivity index (χ0) is 19.9. The summed E-state index contributed by atoms with van der Waals surface area (Å²) in [6, 6.07) is 0. The Hall–Kier alpha value is -0.0800. The van der Waals surface area contributed by atoms with Crippen molar-refractivity contribution in [1.29, 1.82) is 0 Å². The van der Waals surface area contributed by atoms with E-state index >= 15 is 0 Å². The van der Waals surface area contributed by atoms with Crippen molar-refractivity contribution < 1.29 is 5.11 Å². The summed E-state index contributed by atoms with van der Waals surface area (Å²) in [5.41, 5.74) is 0. The van der Waals surface area contributed by atoms with Crippen molar-refractivity contribution in [2.24, 2.45) is 23.7 Å². The molecule has 0 spiro atoms. The predicted molar refractivity (Wildman–Crippen MR) is 120 cm³/mol. The van der Waals surface area contributed by atoms with Gasteiger partial charge >= 0.3 is 0 Å². The van der Waals surface area contributed by atoms with Gasteiger partial charge in [0.15, 0.2) is 0 Å². The van der Waals surface area contributed by atoms with Gasteiger partial charge < -0.3 is 10.0 Å². The van der Waals surface area contributed by atoms with Gasteiger partial charge in [-0.1, -0.05) is 91.9 Å². The maximum absolute atomic E-state index is 9.17. The molecule has 1 aliphatic heterocycles. The van der Waals surface area contributed by atoms with E-state index in [4.69, 9.17) is 0 Å². The molecule has 2 heteroatoms. The summed E-state index contributed by atoms with van der Waals surface area (Å²) in [5, 5.41) is 9.17. The molecule has 0 aliphatic carbocycles. The number of aliphatic hydroxyl groups is 1. The Morgan fingerprint density at radius 2 is 1.44 bits per heavy atom. The number of rotatable bonds is 16. The van der Waals surface area contributed by atoms with Gasteiger partial charge in [0.2, 0.25) is 0 Å². The Kier molecular flexibility index (Phi) is 14.6. The van der Waals surface area contributed by atoms with Crippen molar-refractivity contribution in [3.8, 4) is 0 Å².